The Balaban J connectivity index is 2.99. The molecule has 3 N–H and O–H groups in total. The zero-order valence-corrected chi connectivity index (χ0v) is 18.5. The van der Waals surface area contributed by atoms with Crippen LogP contribution in [0.2, 0.25) is 0 Å². The molecule has 0 amide bonds. The maximum atomic E-state index is 11.1. The normalized spacial score (nSPS) is 13.1. The molecule has 1 atom stereocenters. The maximum absolute atomic E-state index is 11.1. The zero-order valence-electron chi connectivity index (χ0n) is 16.1. The van der Waals surface area contributed by atoms with Gasteiger partial charge in [0.1, 0.15) is 0 Å². The summed E-state index contributed by atoms with van der Waals surface area (Å²) in [6.45, 7) is 0.215. The van der Waals surface area contributed by atoms with Gasteiger partial charge in [0, 0.05) is 46.0 Å². The third kappa shape index (κ3) is 11.2. The van der Waals surface area contributed by atoms with Gasteiger partial charge < -0.3 is 19.7 Å². The monoisotopic (exact) mass is 474 g/mol. The van der Waals surface area contributed by atoms with E-state index in [1.54, 1.807) is 7.05 Å². The molecule has 0 aromatic carbocycles. The number of sulfonamides is 1. The van der Waals surface area contributed by atoms with E-state index in [9.17, 15) is 25.6 Å². The SMILES string of the molecule is CN(CCS(=O)[O-])c1nc(NCCNS(C)(=O)=O)nc(N(C)CCS(=O)(=O)O)n1. The predicted octanol–water partition coefficient (Wildman–Crippen LogP) is -2.53. The molecule has 0 aliphatic heterocycles. The molecular formula is C12H24N7O7S3-. The van der Waals surface area contributed by atoms with Crippen molar-refractivity contribution in [2.75, 3.05) is 73.2 Å². The standard InChI is InChI=1S/C12H25N7O7S3/c1-18(6-8-27(20)21)11-15-10(13-4-5-14-28(3,22)23)16-12(17-11)19(2)7-9-29(24,25)26/h14H,4-9H2,1-3H3,(H,20,21)(H,24,25,26)(H,13,15,16,17)/p-1. The fourth-order valence-corrected chi connectivity index (χ4v) is 3.25. The Bertz CT molecular complexity index is 910. The van der Waals surface area contributed by atoms with Gasteiger partial charge in [-0.15, -0.1) is 0 Å². The van der Waals surface area contributed by atoms with Crippen LogP contribution in [0.25, 0.3) is 0 Å². The molecular weight excluding hydrogens is 450 g/mol. The maximum Gasteiger partial charge on any atom is 0.266 e. The molecule has 1 unspecified atom stereocenters. The van der Waals surface area contributed by atoms with Crippen molar-refractivity contribution in [1.82, 2.24) is 19.7 Å². The van der Waals surface area contributed by atoms with Crippen molar-refractivity contribution in [3.8, 4) is 0 Å². The molecule has 0 aliphatic rings. The Morgan fingerprint density at radius 2 is 1.59 bits per heavy atom. The first-order chi connectivity index (χ1) is 13.3. The summed E-state index contributed by atoms with van der Waals surface area (Å²) in [5, 5.41) is 2.81. The van der Waals surface area contributed by atoms with Crippen molar-refractivity contribution < 1.29 is 30.1 Å². The van der Waals surface area contributed by atoms with E-state index in [-0.39, 0.29) is 49.8 Å². The van der Waals surface area contributed by atoms with E-state index in [1.807, 2.05) is 0 Å². The highest BCUT2D eigenvalue weighted by Gasteiger charge is 2.15. The highest BCUT2D eigenvalue weighted by molar-refractivity contribution is 7.88. The fourth-order valence-electron chi connectivity index (χ4n) is 1.85. The molecule has 1 aromatic heterocycles. The molecule has 1 aromatic rings. The fraction of sp³-hybridized carbons (Fsp3) is 0.750. The number of hydrogen-bond acceptors (Lipinski definition) is 12. The van der Waals surface area contributed by atoms with Crippen LogP contribution in [-0.4, -0.2) is 103 Å². The van der Waals surface area contributed by atoms with Crippen LogP contribution >= 0.6 is 0 Å². The minimum absolute atomic E-state index is 0.0682. The number of anilines is 3. The van der Waals surface area contributed by atoms with Crippen LogP contribution in [0.1, 0.15) is 0 Å². The Kier molecular flexibility index (Phi) is 9.56. The summed E-state index contributed by atoms with van der Waals surface area (Å²) in [4.78, 5) is 15.3. The number of hydrogen-bond donors (Lipinski definition) is 3. The first-order valence-corrected chi connectivity index (χ1v) is 12.9. The Labute approximate surface area is 172 Å². The first kappa shape index (κ1) is 25.4. The number of nitrogens with one attached hydrogen (secondary N) is 2. The molecule has 29 heavy (non-hydrogen) atoms. The van der Waals surface area contributed by atoms with E-state index >= 15 is 0 Å². The average Bonchev–Trinajstić information content (AvgIpc) is 2.59. The molecule has 14 nitrogen and oxygen atoms in total. The largest absolute Gasteiger partial charge is 0.772 e. The number of nitrogens with zero attached hydrogens (tertiary/aromatic N) is 5. The molecule has 1 rings (SSSR count). The lowest BCUT2D eigenvalue weighted by Gasteiger charge is -2.22. The number of rotatable bonds is 13. The minimum Gasteiger partial charge on any atom is -0.772 e. The van der Waals surface area contributed by atoms with Gasteiger partial charge >= 0.3 is 0 Å². The summed E-state index contributed by atoms with van der Waals surface area (Å²) >= 11 is -2.26. The second kappa shape index (κ2) is 10.9. The van der Waals surface area contributed by atoms with E-state index in [4.69, 9.17) is 4.55 Å². The summed E-state index contributed by atoms with van der Waals surface area (Å²) in [5.74, 6) is -0.424. The van der Waals surface area contributed by atoms with Gasteiger partial charge in [-0.05, 0) is 0 Å². The second-order valence-corrected chi connectivity index (χ2v) is 10.4. The van der Waals surface area contributed by atoms with E-state index in [2.05, 4.69) is 25.0 Å². The van der Waals surface area contributed by atoms with Crippen LogP contribution in [0.4, 0.5) is 17.8 Å². The van der Waals surface area contributed by atoms with Crippen molar-refractivity contribution in [2.24, 2.45) is 0 Å². The van der Waals surface area contributed by atoms with E-state index in [0.717, 1.165) is 6.26 Å². The van der Waals surface area contributed by atoms with Crippen LogP contribution < -0.4 is 19.8 Å². The topological polar surface area (TPSA) is 198 Å². The summed E-state index contributed by atoms with van der Waals surface area (Å²) in [5.41, 5.74) is 0. The lowest BCUT2D eigenvalue weighted by atomic mass is 10.6. The molecule has 168 valence electrons. The third-order valence-corrected chi connectivity index (χ3v) is 5.29. The second-order valence-electron chi connectivity index (χ2n) is 5.99. The van der Waals surface area contributed by atoms with E-state index in [1.165, 1.54) is 16.8 Å². The lowest BCUT2D eigenvalue weighted by Crippen LogP contribution is -2.31. The number of aromatic nitrogens is 3. The van der Waals surface area contributed by atoms with Gasteiger partial charge in [0.15, 0.2) is 0 Å². The molecule has 1 heterocycles. The lowest BCUT2D eigenvalue weighted by molar-refractivity contribution is 0.482. The van der Waals surface area contributed by atoms with E-state index in [0.29, 0.717) is 0 Å². The summed E-state index contributed by atoms with van der Waals surface area (Å²) < 4.78 is 76.8. The quantitative estimate of drug-likeness (QED) is 0.154. The molecule has 0 fully saturated rings. The smallest absolute Gasteiger partial charge is 0.266 e. The third-order valence-electron chi connectivity index (χ3n) is 3.35. The summed E-state index contributed by atoms with van der Waals surface area (Å²) in [6.07, 6.45) is 1.02. The van der Waals surface area contributed by atoms with Crippen molar-refractivity contribution in [2.45, 2.75) is 0 Å². The first-order valence-electron chi connectivity index (χ1n) is 8.15. The van der Waals surface area contributed by atoms with Crippen LogP contribution in [0.5, 0.6) is 0 Å². The summed E-state index contributed by atoms with van der Waals surface area (Å²) in [7, 11) is -4.47. The molecule has 0 saturated heterocycles. The van der Waals surface area contributed by atoms with Gasteiger partial charge in [-0.25, -0.2) is 13.1 Å². The van der Waals surface area contributed by atoms with E-state index < -0.39 is 37.0 Å². The molecule has 0 saturated carbocycles. The molecule has 0 spiro atoms. The van der Waals surface area contributed by atoms with Gasteiger partial charge in [0.2, 0.25) is 27.9 Å². The molecule has 17 heteroatoms. The highest BCUT2D eigenvalue weighted by atomic mass is 32.2. The van der Waals surface area contributed by atoms with Gasteiger partial charge in [-0.2, -0.15) is 23.4 Å². The Morgan fingerprint density at radius 3 is 2.07 bits per heavy atom. The zero-order chi connectivity index (χ0) is 22.2. The van der Waals surface area contributed by atoms with Crippen LogP contribution in [-0.2, 0) is 31.2 Å². The van der Waals surface area contributed by atoms with Crippen molar-refractivity contribution in [1.29, 1.82) is 0 Å². The predicted molar refractivity (Wildman–Crippen MR) is 108 cm³/mol. The van der Waals surface area contributed by atoms with Crippen molar-refractivity contribution >= 4 is 49.1 Å². The Morgan fingerprint density at radius 1 is 1.03 bits per heavy atom. The average molecular weight is 475 g/mol. The minimum atomic E-state index is -4.19. The summed E-state index contributed by atoms with van der Waals surface area (Å²) in [6, 6.07) is 0. The van der Waals surface area contributed by atoms with Gasteiger partial charge in [-0.3, -0.25) is 8.76 Å². The molecule has 0 radical (unpaired) electrons. The van der Waals surface area contributed by atoms with Gasteiger partial charge in [0.25, 0.3) is 10.1 Å². The molecule has 0 aliphatic carbocycles. The van der Waals surface area contributed by atoms with Crippen LogP contribution in [0.15, 0.2) is 0 Å². The van der Waals surface area contributed by atoms with Gasteiger partial charge in [-0.1, -0.05) is 11.1 Å². The van der Waals surface area contributed by atoms with Crippen LogP contribution in [0, 0.1) is 0 Å². The van der Waals surface area contributed by atoms with Crippen molar-refractivity contribution in [3.05, 3.63) is 0 Å². The van der Waals surface area contributed by atoms with Gasteiger partial charge in [0.05, 0.1) is 12.0 Å². The molecule has 0 bridgehead atoms. The van der Waals surface area contributed by atoms with Crippen molar-refractivity contribution in [3.63, 3.8) is 0 Å². The highest BCUT2D eigenvalue weighted by Crippen LogP contribution is 2.15. The van der Waals surface area contributed by atoms with Crippen LogP contribution in [0.3, 0.4) is 0 Å². The Hall–Kier alpha value is -1.66.